The van der Waals surface area contributed by atoms with Crippen molar-refractivity contribution in [1.82, 2.24) is 9.62 Å². The molecule has 0 saturated heterocycles. The monoisotopic (exact) mass is 334 g/mol. The lowest BCUT2D eigenvalue weighted by Gasteiger charge is -2.24. The third kappa shape index (κ3) is 5.02. The minimum atomic E-state index is -3.56. The van der Waals surface area contributed by atoms with E-state index in [4.69, 9.17) is 4.42 Å². The number of rotatable bonds is 9. The zero-order valence-corrected chi connectivity index (χ0v) is 15.1. The first-order valence-electron chi connectivity index (χ1n) is 7.12. The molecule has 0 bridgehead atoms. The number of thioether (sulfide) groups is 1. The van der Waals surface area contributed by atoms with Gasteiger partial charge in [-0.15, -0.1) is 0 Å². The number of nitrogens with zero attached hydrogens (tertiary/aromatic N) is 1. The van der Waals surface area contributed by atoms with E-state index in [0.717, 1.165) is 12.2 Å². The van der Waals surface area contributed by atoms with Gasteiger partial charge >= 0.3 is 0 Å². The second-order valence-electron chi connectivity index (χ2n) is 5.30. The van der Waals surface area contributed by atoms with E-state index in [1.165, 1.54) is 10.4 Å². The molecular formula is C14H26N2O3S2. The van der Waals surface area contributed by atoms with Crippen LogP contribution in [0.15, 0.2) is 21.6 Å². The van der Waals surface area contributed by atoms with E-state index in [9.17, 15) is 8.42 Å². The Morgan fingerprint density at radius 1 is 1.38 bits per heavy atom. The van der Waals surface area contributed by atoms with Crippen molar-refractivity contribution < 1.29 is 12.8 Å². The maximum Gasteiger partial charge on any atom is 0.276 e. The third-order valence-corrected chi connectivity index (χ3v) is 5.80. The molecule has 1 rings (SSSR count). The van der Waals surface area contributed by atoms with E-state index in [1.54, 1.807) is 24.9 Å². The molecule has 0 aromatic carbocycles. The van der Waals surface area contributed by atoms with Crippen LogP contribution in [0.2, 0.25) is 0 Å². The van der Waals surface area contributed by atoms with Crippen LogP contribution in [0.1, 0.15) is 33.0 Å². The normalized spacial score (nSPS) is 14.0. The fraction of sp³-hybridized carbons (Fsp3) is 0.714. The van der Waals surface area contributed by atoms with Gasteiger partial charge in [0.2, 0.25) is 5.09 Å². The molecule has 5 nitrogen and oxygen atoms in total. The number of hydrogen-bond donors (Lipinski definition) is 1. The molecule has 7 heteroatoms. The summed E-state index contributed by atoms with van der Waals surface area (Å²) in [6, 6.07) is 3.55. The van der Waals surface area contributed by atoms with E-state index < -0.39 is 10.0 Å². The zero-order valence-electron chi connectivity index (χ0n) is 13.4. The molecule has 1 N–H and O–H groups in total. The summed E-state index contributed by atoms with van der Waals surface area (Å²) in [5.41, 5.74) is 0. The molecule has 0 saturated carbocycles. The van der Waals surface area contributed by atoms with Crippen LogP contribution >= 0.6 is 11.8 Å². The van der Waals surface area contributed by atoms with E-state index in [2.05, 4.69) is 5.32 Å². The average Bonchev–Trinajstić information content (AvgIpc) is 2.91. The third-order valence-electron chi connectivity index (χ3n) is 3.30. The highest BCUT2D eigenvalue weighted by Gasteiger charge is 2.29. The molecule has 1 aromatic heterocycles. The van der Waals surface area contributed by atoms with Gasteiger partial charge in [-0.3, -0.25) is 0 Å². The van der Waals surface area contributed by atoms with Gasteiger partial charge in [-0.1, -0.05) is 20.8 Å². The van der Waals surface area contributed by atoms with Gasteiger partial charge in [-0.25, -0.2) is 8.42 Å². The van der Waals surface area contributed by atoms with Crippen LogP contribution in [0, 0.1) is 0 Å². The molecule has 1 atom stereocenters. The topological polar surface area (TPSA) is 62.6 Å². The highest BCUT2D eigenvalue weighted by Crippen LogP contribution is 2.22. The largest absolute Gasteiger partial charge is 0.447 e. The van der Waals surface area contributed by atoms with Crippen LogP contribution < -0.4 is 5.32 Å². The van der Waals surface area contributed by atoms with E-state index in [1.807, 2.05) is 27.0 Å². The summed E-state index contributed by atoms with van der Waals surface area (Å²) in [4.78, 5) is 0. The molecule has 0 radical (unpaired) electrons. The molecule has 1 heterocycles. The Morgan fingerprint density at radius 3 is 2.57 bits per heavy atom. The minimum Gasteiger partial charge on any atom is -0.447 e. The Hall–Kier alpha value is -0.500. The van der Waals surface area contributed by atoms with Crippen LogP contribution in [0.4, 0.5) is 0 Å². The maximum atomic E-state index is 12.6. The fourth-order valence-corrected chi connectivity index (χ4v) is 4.20. The van der Waals surface area contributed by atoms with E-state index >= 15 is 0 Å². The standard InChI is InChI=1S/C14H26N2O3S2/c1-6-12(10-20-5)16(4)21(17,18)14-8-7-13(19-14)9-15-11(2)3/h7-8,11-12,15H,6,9-10H2,1-5H3. The summed E-state index contributed by atoms with van der Waals surface area (Å²) < 4.78 is 32.0. The first-order chi connectivity index (χ1) is 9.82. The van der Waals surface area contributed by atoms with Crippen molar-refractivity contribution in [2.24, 2.45) is 0 Å². The van der Waals surface area contributed by atoms with Crippen molar-refractivity contribution in [3.8, 4) is 0 Å². The molecule has 0 spiro atoms. The molecule has 0 aliphatic carbocycles. The van der Waals surface area contributed by atoms with Crippen LogP contribution in [0.25, 0.3) is 0 Å². The Labute approximate surface area is 132 Å². The second kappa shape index (κ2) is 8.22. The lowest BCUT2D eigenvalue weighted by Crippen LogP contribution is -2.38. The Morgan fingerprint density at radius 2 is 2.05 bits per heavy atom. The molecule has 1 unspecified atom stereocenters. The van der Waals surface area contributed by atoms with E-state index in [-0.39, 0.29) is 11.1 Å². The van der Waals surface area contributed by atoms with Gasteiger partial charge in [0.1, 0.15) is 5.76 Å². The van der Waals surface area contributed by atoms with Gasteiger partial charge in [0.05, 0.1) is 6.54 Å². The number of nitrogens with one attached hydrogen (secondary N) is 1. The molecule has 1 aromatic rings. The summed E-state index contributed by atoms with van der Waals surface area (Å²) >= 11 is 1.64. The predicted octanol–water partition coefficient (Wildman–Crippen LogP) is 2.54. The SMILES string of the molecule is CCC(CSC)N(C)S(=O)(=O)c1ccc(CNC(C)C)o1. The lowest BCUT2D eigenvalue weighted by molar-refractivity contribution is 0.349. The first-order valence-corrected chi connectivity index (χ1v) is 9.95. The van der Waals surface area contributed by atoms with Crippen molar-refractivity contribution >= 4 is 21.8 Å². The van der Waals surface area contributed by atoms with Crippen molar-refractivity contribution in [2.45, 2.75) is 50.9 Å². The summed E-state index contributed by atoms with van der Waals surface area (Å²) in [6.45, 7) is 6.58. The minimum absolute atomic E-state index is 0.0186. The quantitative estimate of drug-likeness (QED) is 0.752. The highest BCUT2D eigenvalue weighted by molar-refractivity contribution is 7.98. The number of furan rings is 1. The molecule has 122 valence electrons. The molecule has 0 aliphatic rings. The smallest absolute Gasteiger partial charge is 0.276 e. The first kappa shape index (κ1) is 18.5. The molecular weight excluding hydrogens is 308 g/mol. The second-order valence-corrected chi connectivity index (χ2v) is 8.13. The van der Waals surface area contributed by atoms with Crippen LogP contribution in [-0.2, 0) is 16.6 Å². The van der Waals surface area contributed by atoms with Gasteiger partial charge in [0, 0.05) is 24.9 Å². The Balaban J connectivity index is 2.87. The number of sulfonamides is 1. The molecule has 0 fully saturated rings. The molecule has 21 heavy (non-hydrogen) atoms. The summed E-state index contributed by atoms with van der Waals surface area (Å²) in [7, 11) is -1.95. The average molecular weight is 335 g/mol. The van der Waals surface area contributed by atoms with Crippen molar-refractivity contribution in [3.63, 3.8) is 0 Å². The van der Waals surface area contributed by atoms with Crippen molar-refractivity contribution in [2.75, 3.05) is 19.1 Å². The van der Waals surface area contributed by atoms with Gasteiger partial charge in [0.15, 0.2) is 0 Å². The van der Waals surface area contributed by atoms with E-state index in [0.29, 0.717) is 18.3 Å². The molecule has 0 aliphatic heterocycles. The predicted molar refractivity (Wildman–Crippen MR) is 88.1 cm³/mol. The highest BCUT2D eigenvalue weighted by atomic mass is 32.2. The zero-order chi connectivity index (χ0) is 16.0. The maximum absolute atomic E-state index is 12.6. The van der Waals surface area contributed by atoms with Gasteiger partial charge in [0.25, 0.3) is 10.0 Å². The van der Waals surface area contributed by atoms with Crippen LogP contribution in [-0.4, -0.2) is 43.9 Å². The van der Waals surface area contributed by atoms with Crippen LogP contribution in [0.3, 0.4) is 0 Å². The van der Waals surface area contributed by atoms with Crippen LogP contribution in [0.5, 0.6) is 0 Å². The number of hydrogen-bond acceptors (Lipinski definition) is 5. The Kier molecular flexibility index (Phi) is 7.26. The fourth-order valence-electron chi connectivity index (χ4n) is 1.91. The van der Waals surface area contributed by atoms with Gasteiger partial charge < -0.3 is 9.73 Å². The summed E-state index contributed by atoms with van der Waals surface area (Å²) in [6.07, 6.45) is 2.75. The van der Waals surface area contributed by atoms with Crippen molar-refractivity contribution in [1.29, 1.82) is 0 Å². The summed E-state index contributed by atoms with van der Waals surface area (Å²) in [5.74, 6) is 1.41. The Bertz CT molecular complexity index is 526. The van der Waals surface area contributed by atoms with Crippen molar-refractivity contribution in [3.05, 3.63) is 17.9 Å². The lowest BCUT2D eigenvalue weighted by atomic mass is 10.3. The summed E-state index contributed by atoms with van der Waals surface area (Å²) in [5, 5.41) is 3.22. The van der Waals surface area contributed by atoms with Gasteiger partial charge in [-0.2, -0.15) is 16.1 Å². The van der Waals surface area contributed by atoms with Gasteiger partial charge in [-0.05, 0) is 24.8 Å². The molecule has 0 amide bonds.